The average Bonchev–Trinajstić information content (AvgIpc) is 2.61. The highest BCUT2D eigenvalue weighted by Gasteiger charge is 2.21. The van der Waals surface area contributed by atoms with Gasteiger partial charge in [0.15, 0.2) is 6.29 Å². The van der Waals surface area contributed by atoms with Gasteiger partial charge in [-0.1, -0.05) is 23.7 Å². The quantitative estimate of drug-likeness (QED) is 0.401. The number of aliphatic carboxylic acids is 1. The van der Waals surface area contributed by atoms with Gasteiger partial charge in [-0.2, -0.15) is 0 Å². The number of methoxy groups -OCH3 is 1. The van der Waals surface area contributed by atoms with Crippen LogP contribution in [0.25, 0.3) is 0 Å². The maximum atomic E-state index is 11.4. The molecule has 1 heterocycles. The van der Waals surface area contributed by atoms with Crippen LogP contribution in [0.2, 0.25) is 5.15 Å². The summed E-state index contributed by atoms with van der Waals surface area (Å²) < 4.78 is 5.15. The van der Waals surface area contributed by atoms with Gasteiger partial charge in [-0.15, -0.1) is 0 Å². The van der Waals surface area contributed by atoms with Gasteiger partial charge in [0, 0.05) is 6.42 Å². The summed E-state index contributed by atoms with van der Waals surface area (Å²) in [6, 6.07) is 6.85. The Kier molecular flexibility index (Phi) is 6.85. The van der Waals surface area contributed by atoms with Gasteiger partial charge in [-0.05, 0) is 30.7 Å². The number of aromatic nitrogens is 2. The zero-order valence-corrected chi connectivity index (χ0v) is 14.4. The van der Waals surface area contributed by atoms with Crippen LogP contribution in [0, 0.1) is 0 Å². The molecule has 0 amide bonds. The molecule has 7 nitrogen and oxygen atoms in total. The first-order valence-corrected chi connectivity index (χ1v) is 7.99. The number of ether oxygens (including phenoxy) is 1. The van der Waals surface area contributed by atoms with Crippen LogP contribution in [0.3, 0.4) is 0 Å². The molecule has 2 N–H and O–H groups in total. The molecule has 1 unspecified atom stereocenters. The Bertz CT molecular complexity index is 737. The molecule has 1 aromatic heterocycles. The van der Waals surface area contributed by atoms with Crippen molar-refractivity contribution in [1.82, 2.24) is 15.3 Å². The van der Waals surface area contributed by atoms with Gasteiger partial charge in [0.05, 0.1) is 24.4 Å². The highest BCUT2D eigenvalue weighted by atomic mass is 35.5. The van der Waals surface area contributed by atoms with Gasteiger partial charge in [-0.3, -0.25) is 9.59 Å². The number of halogens is 1. The fraction of sp³-hybridized carbons (Fsp3) is 0.294. The minimum atomic E-state index is -0.860. The normalized spacial score (nSPS) is 11.8. The van der Waals surface area contributed by atoms with E-state index >= 15 is 0 Å². The monoisotopic (exact) mass is 363 g/mol. The largest absolute Gasteiger partial charge is 0.497 e. The fourth-order valence-electron chi connectivity index (χ4n) is 2.38. The summed E-state index contributed by atoms with van der Waals surface area (Å²) in [5, 5.41) is 12.1. The molecular weight excluding hydrogens is 346 g/mol. The second kappa shape index (κ2) is 9.10. The number of carboxylic acids is 1. The number of rotatable bonds is 9. The molecule has 0 saturated carbocycles. The molecule has 2 rings (SSSR count). The van der Waals surface area contributed by atoms with Crippen molar-refractivity contribution in [2.75, 3.05) is 13.7 Å². The number of nitrogens with zero attached hydrogens (tertiary/aromatic N) is 2. The molecule has 2 aromatic rings. The van der Waals surface area contributed by atoms with E-state index in [1.807, 2.05) is 12.1 Å². The van der Waals surface area contributed by atoms with Crippen molar-refractivity contribution in [3.63, 3.8) is 0 Å². The molecule has 0 aliphatic carbocycles. The van der Waals surface area contributed by atoms with Crippen LogP contribution in [0.1, 0.15) is 40.5 Å². The summed E-state index contributed by atoms with van der Waals surface area (Å²) in [4.78, 5) is 30.1. The lowest BCUT2D eigenvalue weighted by molar-refractivity contribution is -0.137. The Morgan fingerprint density at radius 1 is 1.36 bits per heavy atom. The van der Waals surface area contributed by atoms with Crippen LogP contribution in [0.5, 0.6) is 5.75 Å². The van der Waals surface area contributed by atoms with E-state index < -0.39 is 12.0 Å². The first kappa shape index (κ1) is 18.8. The van der Waals surface area contributed by atoms with E-state index in [2.05, 4.69) is 15.3 Å². The second-order valence-corrected chi connectivity index (χ2v) is 5.60. The van der Waals surface area contributed by atoms with E-state index in [-0.39, 0.29) is 17.1 Å². The van der Waals surface area contributed by atoms with Gasteiger partial charge >= 0.3 is 5.97 Å². The summed E-state index contributed by atoms with van der Waals surface area (Å²) in [6.45, 7) is 0.433. The van der Waals surface area contributed by atoms with Crippen LogP contribution in [-0.4, -0.2) is 41.0 Å². The molecule has 0 aliphatic rings. The summed E-state index contributed by atoms with van der Waals surface area (Å²) >= 11 is 6.00. The van der Waals surface area contributed by atoms with Gasteiger partial charge in [0.25, 0.3) is 0 Å². The first-order chi connectivity index (χ1) is 12.1. The Morgan fingerprint density at radius 2 is 2.08 bits per heavy atom. The van der Waals surface area contributed by atoms with E-state index in [1.54, 1.807) is 19.2 Å². The summed E-state index contributed by atoms with van der Waals surface area (Å²) in [7, 11) is 1.57. The molecule has 132 valence electrons. The topological polar surface area (TPSA) is 101 Å². The highest BCUT2D eigenvalue weighted by molar-refractivity contribution is 6.31. The van der Waals surface area contributed by atoms with E-state index in [4.69, 9.17) is 21.4 Å². The maximum Gasteiger partial charge on any atom is 0.303 e. The van der Waals surface area contributed by atoms with Crippen molar-refractivity contribution in [3.8, 4) is 5.75 Å². The minimum absolute atomic E-state index is 0.0490. The summed E-state index contributed by atoms with van der Waals surface area (Å²) in [5.74, 6) is -0.161. The Balaban J connectivity index is 2.32. The molecule has 25 heavy (non-hydrogen) atoms. The molecule has 1 aromatic carbocycles. The number of carbonyl (C=O) groups excluding carboxylic acids is 1. The Labute approximate surface area is 150 Å². The minimum Gasteiger partial charge on any atom is -0.497 e. The van der Waals surface area contributed by atoms with E-state index in [1.165, 1.54) is 6.33 Å². The molecular formula is C17H18ClN3O4. The maximum absolute atomic E-state index is 11.4. The second-order valence-electron chi connectivity index (χ2n) is 5.24. The number of carboxylic acid groups (broad SMARTS) is 1. The number of aldehydes is 1. The van der Waals surface area contributed by atoms with Crippen molar-refractivity contribution < 1.29 is 19.4 Å². The summed E-state index contributed by atoms with van der Waals surface area (Å²) in [5.41, 5.74) is 1.49. The standard InChI is InChI=1S/C17H18ClN3O4/c1-25-12-6-4-11(5-7-12)15(19-8-2-3-14(23)24)16-13(9-22)17(18)21-10-20-16/h4-7,9-10,15,19H,2-3,8H2,1H3,(H,23,24). The lowest BCUT2D eigenvalue weighted by atomic mass is 10.00. The van der Waals surface area contributed by atoms with Crippen LogP contribution in [0.15, 0.2) is 30.6 Å². The molecule has 0 aliphatic heterocycles. The molecule has 1 atom stereocenters. The first-order valence-electron chi connectivity index (χ1n) is 7.61. The molecule has 0 saturated heterocycles. The van der Waals surface area contributed by atoms with Crippen molar-refractivity contribution >= 4 is 23.9 Å². The number of benzene rings is 1. The number of carbonyl (C=O) groups is 2. The third-order valence-electron chi connectivity index (χ3n) is 3.62. The smallest absolute Gasteiger partial charge is 0.303 e. The zero-order chi connectivity index (χ0) is 18.2. The van der Waals surface area contributed by atoms with Gasteiger partial charge in [0.2, 0.25) is 0 Å². The van der Waals surface area contributed by atoms with Gasteiger partial charge in [-0.25, -0.2) is 9.97 Å². The number of hydrogen-bond donors (Lipinski definition) is 2. The predicted octanol–water partition coefficient (Wildman–Crippen LogP) is 2.49. The van der Waals surface area contributed by atoms with Crippen LogP contribution in [-0.2, 0) is 4.79 Å². The van der Waals surface area contributed by atoms with Crippen LogP contribution < -0.4 is 10.1 Å². The van der Waals surface area contributed by atoms with Gasteiger partial charge < -0.3 is 15.2 Å². The number of hydrogen-bond acceptors (Lipinski definition) is 6. The Morgan fingerprint density at radius 3 is 2.68 bits per heavy atom. The third-order valence-corrected chi connectivity index (χ3v) is 3.92. The molecule has 8 heteroatoms. The predicted molar refractivity (Wildman–Crippen MR) is 92.1 cm³/mol. The van der Waals surface area contributed by atoms with Gasteiger partial charge in [0.1, 0.15) is 17.2 Å². The van der Waals surface area contributed by atoms with Crippen molar-refractivity contribution in [2.45, 2.75) is 18.9 Å². The molecule has 0 fully saturated rings. The lowest BCUT2D eigenvalue weighted by Crippen LogP contribution is -2.26. The van der Waals surface area contributed by atoms with Crippen LogP contribution >= 0.6 is 11.6 Å². The Hall–Kier alpha value is -2.51. The molecule has 0 radical (unpaired) electrons. The average molecular weight is 364 g/mol. The van der Waals surface area contributed by atoms with Crippen molar-refractivity contribution in [1.29, 1.82) is 0 Å². The van der Waals surface area contributed by atoms with Crippen molar-refractivity contribution in [2.24, 2.45) is 0 Å². The molecule has 0 bridgehead atoms. The van der Waals surface area contributed by atoms with E-state index in [0.717, 1.165) is 5.56 Å². The lowest BCUT2D eigenvalue weighted by Gasteiger charge is -2.20. The highest BCUT2D eigenvalue weighted by Crippen LogP contribution is 2.27. The van der Waals surface area contributed by atoms with E-state index in [9.17, 15) is 9.59 Å². The summed E-state index contributed by atoms with van der Waals surface area (Å²) in [6.07, 6.45) is 2.40. The zero-order valence-electron chi connectivity index (χ0n) is 13.6. The molecule has 0 spiro atoms. The fourth-order valence-corrected chi connectivity index (χ4v) is 2.57. The van der Waals surface area contributed by atoms with Crippen molar-refractivity contribution in [3.05, 3.63) is 52.6 Å². The SMILES string of the molecule is COc1ccc(C(NCCCC(=O)O)c2ncnc(Cl)c2C=O)cc1. The number of nitrogens with one attached hydrogen (secondary N) is 1. The third kappa shape index (κ3) is 4.98. The van der Waals surface area contributed by atoms with Crippen LogP contribution in [0.4, 0.5) is 0 Å². The van der Waals surface area contributed by atoms with E-state index in [0.29, 0.717) is 30.7 Å².